The van der Waals surface area contributed by atoms with Gasteiger partial charge in [-0.3, -0.25) is 19.2 Å². The van der Waals surface area contributed by atoms with Crippen LogP contribution < -0.4 is 9.80 Å². The zero-order valence-electron chi connectivity index (χ0n) is 25.3. The molecule has 2 heterocycles. The van der Waals surface area contributed by atoms with E-state index in [1.165, 1.54) is 9.80 Å². The molecular weight excluding hydrogens is 600 g/mol. The van der Waals surface area contributed by atoms with Crippen molar-refractivity contribution in [3.63, 3.8) is 0 Å². The van der Waals surface area contributed by atoms with Gasteiger partial charge in [-0.15, -0.1) is 0 Å². The Labute approximate surface area is 271 Å². The Morgan fingerprint density at radius 2 is 1.50 bits per heavy atom. The number of anilines is 2. The van der Waals surface area contributed by atoms with Crippen molar-refractivity contribution < 1.29 is 24.3 Å². The van der Waals surface area contributed by atoms with E-state index in [-0.39, 0.29) is 35.8 Å². The Kier molecular flexibility index (Phi) is 6.32. The summed E-state index contributed by atoms with van der Waals surface area (Å²) < 4.78 is 0. The fourth-order valence-electron chi connectivity index (χ4n) is 8.72. The highest BCUT2D eigenvalue weighted by Gasteiger charge is 2.67. The van der Waals surface area contributed by atoms with Crippen LogP contribution in [0.5, 0.6) is 5.75 Å². The van der Waals surface area contributed by atoms with Gasteiger partial charge in [0.1, 0.15) is 5.75 Å². The number of para-hydroxylation sites is 1. The minimum Gasteiger partial charge on any atom is -0.507 e. The van der Waals surface area contributed by atoms with E-state index in [0.29, 0.717) is 28.2 Å². The SMILES string of the molecule is Cc1ccc(N2C(=O)C3CC=C4C(CC5C(=O)N(c6ccccc6)C(=O)C5(C)C4c4ccc(O)c5ccccc45)C3C2=O)cc1Cl. The van der Waals surface area contributed by atoms with Crippen LogP contribution in [-0.2, 0) is 19.2 Å². The number of carbonyl (C=O) groups is 4. The third kappa shape index (κ3) is 3.78. The molecule has 2 aliphatic carbocycles. The molecule has 8 rings (SSSR count). The highest BCUT2D eigenvalue weighted by atomic mass is 35.5. The number of nitrogens with zero attached hydrogens (tertiary/aromatic N) is 2. The van der Waals surface area contributed by atoms with Gasteiger partial charge < -0.3 is 5.11 Å². The summed E-state index contributed by atoms with van der Waals surface area (Å²) in [5.41, 5.74) is 2.32. The lowest BCUT2D eigenvalue weighted by molar-refractivity contribution is -0.131. The van der Waals surface area contributed by atoms with E-state index in [9.17, 15) is 24.3 Å². The Hall–Kier alpha value is -4.75. The Bertz CT molecular complexity index is 2040. The molecule has 46 heavy (non-hydrogen) atoms. The number of imide groups is 2. The summed E-state index contributed by atoms with van der Waals surface area (Å²) in [5.74, 6) is -4.06. The summed E-state index contributed by atoms with van der Waals surface area (Å²) >= 11 is 6.42. The molecule has 0 aromatic heterocycles. The number of rotatable bonds is 3. The van der Waals surface area contributed by atoms with Gasteiger partial charge >= 0.3 is 0 Å². The van der Waals surface area contributed by atoms with Crippen molar-refractivity contribution in [1.82, 2.24) is 0 Å². The molecule has 1 saturated carbocycles. The van der Waals surface area contributed by atoms with Gasteiger partial charge in [-0.25, -0.2) is 9.80 Å². The van der Waals surface area contributed by atoms with Crippen LogP contribution in [0.4, 0.5) is 11.4 Å². The van der Waals surface area contributed by atoms with Crippen LogP contribution in [0, 0.1) is 36.0 Å². The smallest absolute Gasteiger partial charge is 0.241 e. The van der Waals surface area contributed by atoms with E-state index in [4.69, 9.17) is 11.6 Å². The number of hydrogen-bond acceptors (Lipinski definition) is 5. The molecule has 3 fully saturated rings. The quantitative estimate of drug-likeness (QED) is 0.195. The van der Waals surface area contributed by atoms with Crippen molar-refractivity contribution in [3.8, 4) is 5.75 Å². The first-order valence-corrected chi connectivity index (χ1v) is 16.0. The van der Waals surface area contributed by atoms with Crippen LogP contribution >= 0.6 is 11.6 Å². The van der Waals surface area contributed by atoms with Crippen molar-refractivity contribution in [2.24, 2.45) is 29.1 Å². The third-order valence-electron chi connectivity index (χ3n) is 10.9. The lowest BCUT2D eigenvalue weighted by atomic mass is 9.51. The zero-order valence-corrected chi connectivity index (χ0v) is 26.1. The predicted octanol–water partition coefficient (Wildman–Crippen LogP) is 6.94. The first-order chi connectivity index (χ1) is 22.1. The molecule has 4 aromatic rings. The Morgan fingerprint density at radius 3 is 2.24 bits per heavy atom. The molecule has 4 amide bonds. The molecular formula is C38H31ClN2O5. The summed E-state index contributed by atoms with van der Waals surface area (Å²) in [4.78, 5) is 59.9. The molecule has 2 aliphatic heterocycles. The van der Waals surface area contributed by atoms with Gasteiger partial charge in [-0.05, 0) is 79.5 Å². The van der Waals surface area contributed by atoms with E-state index >= 15 is 0 Å². The fourth-order valence-corrected chi connectivity index (χ4v) is 8.89. The number of phenols is 1. The number of allylic oxidation sites excluding steroid dienone is 2. The van der Waals surface area contributed by atoms with Crippen LogP contribution in [0.3, 0.4) is 0 Å². The number of carbonyl (C=O) groups excluding carboxylic acids is 4. The monoisotopic (exact) mass is 630 g/mol. The average Bonchev–Trinajstić information content (AvgIpc) is 3.43. The summed E-state index contributed by atoms with van der Waals surface area (Å²) in [6.07, 6.45) is 2.65. The van der Waals surface area contributed by atoms with Crippen LogP contribution in [0.25, 0.3) is 10.8 Å². The molecule has 4 aliphatic rings. The van der Waals surface area contributed by atoms with Gasteiger partial charge in [0, 0.05) is 16.3 Å². The van der Waals surface area contributed by atoms with Crippen molar-refractivity contribution in [2.75, 3.05) is 9.80 Å². The molecule has 1 N–H and O–H groups in total. The predicted molar refractivity (Wildman–Crippen MR) is 175 cm³/mol. The van der Waals surface area contributed by atoms with E-state index in [1.54, 1.807) is 48.5 Å². The Morgan fingerprint density at radius 1 is 0.783 bits per heavy atom. The maximum atomic E-state index is 14.7. The first-order valence-electron chi connectivity index (χ1n) is 15.6. The van der Waals surface area contributed by atoms with Crippen molar-refractivity contribution in [1.29, 1.82) is 0 Å². The third-order valence-corrected chi connectivity index (χ3v) is 11.4. The molecule has 230 valence electrons. The summed E-state index contributed by atoms with van der Waals surface area (Å²) in [5, 5.41) is 12.7. The van der Waals surface area contributed by atoms with E-state index in [2.05, 4.69) is 0 Å². The van der Waals surface area contributed by atoms with Gasteiger partial charge in [-0.1, -0.05) is 77.8 Å². The number of hydrogen-bond donors (Lipinski definition) is 1. The van der Waals surface area contributed by atoms with Gasteiger partial charge in [0.25, 0.3) is 0 Å². The second kappa shape index (κ2) is 10.1. The number of amides is 4. The molecule has 0 spiro atoms. The molecule has 4 aromatic carbocycles. The standard InChI is InChI=1S/C38H31ClN2O5/c1-20-12-13-22(18-30(20)39)40-34(43)27-15-14-26-28(32(27)36(40)45)19-29-35(44)41(21-8-4-3-5-9-21)37(46)38(29,2)33(26)25-16-17-31(42)24-11-7-6-10-23(24)25/h3-14,16-18,27-29,32-33,42H,15,19H2,1-2H3. The first kappa shape index (κ1) is 28.7. The summed E-state index contributed by atoms with van der Waals surface area (Å²) in [6, 6.07) is 25.1. The molecule has 7 nitrogen and oxygen atoms in total. The van der Waals surface area contributed by atoms with E-state index < -0.39 is 35.0 Å². The van der Waals surface area contributed by atoms with Crippen molar-refractivity contribution in [2.45, 2.75) is 32.6 Å². The summed E-state index contributed by atoms with van der Waals surface area (Å²) in [7, 11) is 0. The lowest BCUT2D eigenvalue weighted by Gasteiger charge is -2.49. The molecule has 8 heteroatoms. The van der Waals surface area contributed by atoms with Gasteiger partial charge in [0.05, 0.1) is 34.5 Å². The zero-order chi connectivity index (χ0) is 32.1. The van der Waals surface area contributed by atoms with Crippen LogP contribution in [0.2, 0.25) is 5.02 Å². The molecule has 0 bridgehead atoms. The average molecular weight is 631 g/mol. The highest BCUT2D eigenvalue weighted by molar-refractivity contribution is 6.32. The minimum absolute atomic E-state index is 0.120. The van der Waals surface area contributed by atoms with Crippen LogP contribution in [-0.4, -0.2) is 28.7 Å². The van der Waals surface area contributed by atoms with Crippen LogP contribution in [0.15, 0.2) is 96.6 Å². The molecule has 6 unspecified atom stereocenters. The summed E-state index contributed by atoms with van der Waals surface area (Å²) in [6.45, 7) is 3.74. The normalized spacial score (nSPS) is 28.8. The molecule has 6 atom stereocenters. The van der Waals surface area contributed by atoms with Gasteiger partial charge in [0.15, 0.2) is 0 Å². The maximum absolute atomic E-state index is 14.7. The van der Waals surface area contributed by atoms with E-state index in [0.717, 1.165) is 22.1 Å². The largest absolute Gasteiger partial charge is 0.507 e. The second-order valence-electron chi connectivity index (χ2n) is 13.2. The number of fused-ring (bicyclic) bond motifs is 5. The van der Waals surface area contributed by atoms with E-state index in [1.807, 2.05) is 56.3 Å². The number of benzene rings is 4. The number of halogens is 1. The molecule has 2 saturated heterocycles. The van der Waals surface area contributed by atoms with Gasteiger partial charge in [0.2, 0.25) is 23.6 Å². The Balaban J connectivity index is 1.31. The van der Waals surface area contributed by atoms with Crippen molar-refractivity contribution in [3.05, 3.63) is 113 Å². The maximum Gasteiger partial charge on any atom is 0.241 e. The molecule has 0 radical (unpaired) electrons. The van der Waals surface area contributed by atoms with Crippen molar-refractivity contribution >= 4 is 57.4 Å². The number of aromatic hydroxyl groups is 1. The number of aryl methyl sites for hydroxylation is 1. The highest BCUT2D eigenvalue weighted by Crippen LogP contribution is 2.64. The lowest BCUT2D eigenvalue weighted by Crippen LogP contribution is -2.49. The van der Waals surface area contributed by atoms with Gasteiger partial charge in [-0.2, -0.15) is 0 Å². The minimum atomic E-state index is -1.17. The fraction of sp³-hybridized carbons (Fsp3) is 0.263. The topological polar surface area (TPSA) is 95.0 Å². The second-order valence-corrected chi connectivity index (χ2v) is 13.6. The van der Waals surface area contributed by atoms with Crippen LogP contribution in [0.1, 0.15) is 36.8 Å². The number of phenolic OH excluding ortho intramolecular Hbond substituents is 1.